The molecule has 1 saturated heterocycles. The van der Waals surface area contributed by atoms with Crippen LogP contribution in [-0.2, 0) is 19.1 Å². The fraction of sp³-hybridized carbons (Fsp3) is 0.211. The quantitative estimate of drug-likeness (QED) is 0.628. The molecule has 1 aliphatic rings. The summed E-state index contributed by atoms with van der Waals surface area (Å²) in [6, 6.07) is 9.67. The van der Waals surface area contributed by atoms with Gasteiger partial charge in [-0.25, -0.2) is 0 Å². The Morgan fingerprint density at radius 3 is 2.41 bits per heavy atom. The molecule has 0 aliphatic carbocycles. The van der Waals surface area contributed by atoms with Crippen LogP contribution in [0.4, 0.5) is 11.4 Å². The first-order chi connectivity index (χ1) is 13.8. The number of halogens is 4. The third-order valence-corrected chi connectivity index (χ3v) is 5.88. The maximum atomic E-state index is 12.3. The standard InChI is InChI=1S/C19H14Cl4N2O4/c20-11-3-1-5-13(17(11)22)24-15(26)9-29-19(28)10-7-16(27)25(8-10)14-6-2-4-12(21)18(14)23/h1-6,10H,7-9H2,(H,24,26)/t10-/m0/s1. The third-order valence-electron chi connectivity index (χ3n) is 4.25. The van der Waals surface area contributed by atoms with Crippen molar-refractivity contribution in [3.05, 3.63) is 56.5 Å². The van der Waals surface area contributed by atoms with Gasteiger partial charge in [0.25, 0.3) is 5.91 Å². The summed E-state index contributed by atoms with van der Waals surface area (Å²) in [6.07, 6.45) is -0.0522. The maximum Gasteiger partial charge on any atom is 0.311 e. The first kappa shape index (κ1) is 21.7. The molecule has 0 radical (unpaired) electrons. The number of anilines is 2. The smallest absolute Gasteiger partial charge is 0.311 e. The van der Waals surface area contributed by atoms with Crippen LogP contribution in [0.5, 0.6) is 0 Å². The van der Waals surface area contributed by atoms with Gasteiger partial charge in [-0.2, -0.15) is 0 Å². The molecule has 1 N–H and O–H groups in total. The molecule has 0 unspecified atom stereocenters. The number of esters is 1. The van der Waals surface area contributed by atoms with E-state index in [1.807, 2.05) is 0 Å². The van der Waals surface area contributed by atoms with Gasteiger partial charge in [0.05, 0.1) is 37.4 Å². The van der Waals surface area contributed by atoms with Gasteiger partial charge in [0.2, 0.25) is 5.91 Å². The summed E-state index contributed by atoms with van der Waals surface area (Å²) in [7, 11) is 0. The Labute approximate surface area is 186 Å². The van der Waals surface area contributed by atoms with E-state index in [-0.39, 0.29) is 33.9 Å². The lowest BCUT2D eigenvalue weighted by atomic mass is 10.1. The molecule has 29 heavy (non-hydrogen) atoms. The second kappa shape index (κ2) is 9.22. The molecule has 1 heterocycles. The van der Waals surface area contributed by atoms with Gasteiger partial charge in [-0.05, 0) is 24.3 Å². The largest absolute Gasteiger partial charge is 0.455 e. The van der Waals surface area contributed by atoms with Crippen molar-refractivity contribution in [3.8, 4) is 0 Å². The molecule has 3 rings (SSSR count). The number of carbonyl (C=O) groups is 3. The summed E-state index contributed by atoms with van der Waals surface area (Å²) in [5, 5.41) is 3.52. The summed E-state index contributed by atoms with van der Waals surface area (Å²) in [5.74, 6) is -2.25. The zero-order chi connectivity index (χ0) is 21.1. The van der Waals surface area contributed by atoms with Gasteiger partial charge >= 0.3 is 5.97 Å². The van der Waals surface area contributed by atoms with E-state index in [1.165, 1.54) is 4.90 Å². The number of amides is 2. The molecule has 0 aromatic heterocycles. The van der Waals surface area contributed by atoms with Crippen molar-refractivity contribution in [1.82, 2.24) is 0 Å². The number of ether oxygens (including phenoxy) is 1. The highest BCUT2D eigenvalue weighted by molar-refractivity contribution is 6.44. The minimum Gasteiger partial charge on any atom is -0.455 e. The topological polar surface area (TPSA) is 75.7 Å². The number of nitrogens with zero attached hydrogens (tertiary/aromatic N) is 1. The lowest BCUT2D eigenvalue weighted by Crippen LogP contribution is -2.28. The number of benzene rings is 2. The number of hydrogen-bond donors (Lipinski definition) is 1. The van der Waals surface area contributed by atoms with Crippen molar-refractivity contribution >= 4 is 75.6 Å². The van der Waals surface area contributed by atoms with Crippen molar-refractivity contribution in [1.29, 1.82) is 0 Å². The first-order valence-corrected chi connectivity index (χ1v) is 9.94. The highest BCUT2D eigenvalue weighted by Gasteiger charge is 2.37. The van der Waals surface area contributed by atoms with Gasteiger partial charge < -0.3 is 15.0 Å². The Balaban J connectivity index is 1.57. The van der Waals surface area contributed by atoms with Crippen LogP contribution in [0.15, 0.2) is 36.4 Å². The van der Waals surface area contributed by atoms with Crippen LogP contribution in [0.25, 0.3) is 0 Å². The molecule has 1 fully saturated rings. The molecular weight excluding hydrogens is 462 g/mol. The van der Waals surface area contributed by atoms with Crippen LogP contribution in [0.2, 0.25) is 20.1 Å². The summed E-state index contributed by atoms with van der Waals surface area (Å²) in [5.41, 5.74) is 0.728. The molecule has 2 aromatic carbocycles. The fourth-order valence-electron chi connectivity index (χ4n) is 2.84. The molecule has 6 nitrogen and oxygen atoms in total. The molecule has 2 aromatic rings. The molecule has 0 bridgehead atoms. The van der Waals surface area contributed by atoms with Crippen molar-refractivity contribution in [2.24, 2.45) is 5.92 Å². The highest BCUT2D eigenvalue weighted by Crippen LogP contribution is 2.36. The van der Waals surface area contributed by atoms with Crippen LogP contribution in [0, 0.1) is 5.92 Å². The van der Waals surface area contributed by atoms with Crippen molar-refractivity contribution in [2.75, 3.05) is 23.4 Å². The van der Waals surface area contributed by atoms with E-state index < -0.39 is 24.4 Å². The second-order valence-electron chi connectivity index (χ2n) is 6.24. The molecule has 10 heteroatoms. The lowest BCUT2D eigenvalue weighted by Gasteiger charge is -2.18. The summed E-state index contributed by atoms with van der Waals surface area (Å²) in [4.78, 5) is 38.0. The predicted molar refractivity (Wildman–Crippen MR) is 113 cm³/mol. The fourth-order valence-corrected chi connectivity index (χ4v) is 3.59. The zero-order valence-corrected chi connectivity index (χ0v) is 17.8. The molecule has 152 valence electrons. The van der Waals surface area contributed by atoms with Gasteiger partial charge in [0.15, 0.2) is 6.61 Å². The molecule has 1 atom stereocenters. The Bertz CT molecular complexity index is 983. The molecule has 0 saturated carbocycles. The normalized spacial score (nSPS) is 16.1. The van der Waals surface area contributed by atoms with Gasteiger partial charge in [-0.15, -0.1) is 0 Å². The van der Waals surface area contributed by atoms with Crippen LogP contribution in [0.3, 0.4) is 0 Å². The molecule has 0 spiro atoms. The summed E-state index contributed by atoms with van der Waals surface area (Å²) in [6.45, 7) is -0.441. The Kier molecular flexibility index (Phi) is 6.90. The van der Waals surface area contributed by atoms with Crippen molar-refractivity contribution in [3.63, 3.8) is 0 Å². The SMILES string of the molecule is O=C(COC(=O)[C@H]1CC(=O)N(c2cccc(Cl)c2Cl)C1)Nc1cccc(Cl)c1Cl. The zero-order valence-electron chi connectivity index (χ0n) is 14.8. The number of hydrogen-bond acceptors (Lipinski definition) is 4. The van der Waals surface area contributed by atoms with Gasteiger partial charge in [0, 0.05) is 13.0 Å². The molecule has 1 aliphatic heterocycles. The van der Waals surface area contributed by atoms with E-state index in [0.717, 1.165) is 0 Å². The summed E-state index contributed by atoms with van der Waals surface area (Å²) >= 11 is 24.0. The lowest BCUT2D eigenvalue weighted by molar-refractivity contribution is -0.151. The van der Waals surface area contributed by atoms with E-state index in [0.29, 0.717) is 16.4 Å². The van der Waals surface area contributed by atoms with Crippen molar-refractivity contribution in [2.45, 2.75) is 6.42 Å². The Hall–Kier alpha value is -1.99. The predicted octanol–water partition coefficient (Wildman–Crippen LogP) is 4.84. The minimum absolute atomic E-state index is 0.0522. The van der Waals surface area contributed by atoms with Crippen LogP contribution < -0.4 is 10.2 Å². The summed E-state index contributed by atoms with van der Waals surface area (Å²) < 4.78 is 5.05. The average molecular weight is 476 g/mol. The third kappa shape index (κ3) is 4.95. The van der Waals surface area contributed by atoms with Crippen LogP contribution in [0.1, 0.15) is 6.42 Å². The van der Waals surface area contributed by atoms with Gasteiger partial charge in [-0.1, -0.05) is 58.5 Å². The van der Waals surface area contributed by atoms with E-state index in [4.69, 9.17) is 51.1 Å². The Morgan fingerprint density at radius 1 is 1.03 bits per heavy atom. The van der Waals surface area contributed by atoms with Gasteiger partial charge in [0.1, 0.15) is 0 Å². The first-order valence-electron chi connectivity index (χ1n) is 8.42. The number of rotatable bonds is 5. The minimum atomic E-state index is -0.722. The Morgan fingerprint density at radius 2 is 1.69 bits per heavy atom. The number of carbonyl (C=O) groups excluding carboxylic acids is 3. The van der Waals surface area contributed by atoms with E-state index >= 15 is 0 Å². The van der Waals surface area contributed by atoms with E-state index in [1.54, 1.807) is 36.4 Å². The van der Waals surface area contributed by atoms with Crippen LogP contribution >= 0.6 is 46.4 Å². The number of nitrogens with one attached hydrogen (secondary N) is 1. The van der Waals surface area contributed by atoms with Crippen LogP contribution in [-0.4, -0.2) is 30.9 Å². The second-order valence-corrected chi connectivity index (χ2v) is 7.81. The monoisotopic (exact) mass is 474 g/mol. The molecule has 2 amide bonds. The molecular formula is C19H14Cl4N2O4. The average Bonchev–Trinajstić information content (AvgIpc) is 3.07. The van der Waals surface area contributed by atoms with Crippen molar-refractivity contribution < 1.29 is 19.1 Å². The maximum absolute atomic E-state index is 12.3. The van der Waals surface area contributed by atoms with Gasteiger partial charge in [-0.3, -0.25) is 14.4 Å². The van der Waals surface area contributed by atoms with E-state index in [2.05, 4.69) is 5.32 Å². The van der Waals surface area contributed by atoms with E-state index in [9.17, 15) is 14.4 Å². The highest BCUT2D eigenvalue weighted by atomic mass is 35.5.